The van der Waals surface area contributed by atoms with E-state index in [2.05, 4.69) is 10.3 Å². The molecule has 2 N–H and O–H groups in total. The van der Waals surface area contributed by atoms with Crippen molar-refractivity contribution in [2.45, 2.75) is 37.8 Å². The van der Waals surface area contributed by atoms with Crippen molar-refractivity contribution in [3.05, 3.63) is 29.0 Å². The van der Waals surface area contributed by atoms with Gasteiger partial charge in [0, 0.05) is 24.9 Å². The van der Waals surface area contributed by atoms with Crippen LogP contribution in [0.5, 0.6) is 0 Å². The first-order valence-electron chi connectivity index (χ1n) is 5.70. The van der Waals surface area contributed by atoms with Crippen LogP contribution in [0.4, 0.5) is 0 Å². The van der Waals surface area contributed by atoms with E-state index in [9.17, 15) is 0 Å². The highest BCUT2D eigenvalue weighted by molar-refractivity contribution is 6.29. The quantitative estimate of drug-likeness (QED) is 0.813. The zero-order valence-corrected chi connectivity index (χ0v) is 11.2. The van der Waals surface area contributed by atoms with E-state index in [-0.39, 0.29) is 24.6 Å². The summed E-state index contributed by atoms with van der Waals surface area (Å²) in [6, 6.07) is 3.78. The Balaban J connectivity index is 0.00000144. The Kier molecular flexibility index (Phi) is 5.67. The topological polar surface area (TPSA) is 45.1 Å². The molecule has 1 aliphatic carbocycles. The third-order valence-corrected chi connectivity index (χ3v) is 3.58. The van der Waals surface area contributed by atoms with Crippen LogP contribution in [0, 0.1) is 0 Å². The molecule has 1 aliphatic rings. The van der Waals surface area contributed by atoms with E-state index < -0.39 is 0 Å². The second-order valence-electron chi connectivity index (χ2n) is 4.45. The monoisotopic (exact) mass is 276 g/mol. The average molecular weight is 277 g/mol. The fourth-order valence-corrected chi connectivity index (χ4v) is 2.25. The highest BCUT2D eigenvalue weighted by Crippen LogP contribution is 2.34. The first kappa shape index (κ1) is 14.7. The SMILES string of the molecule is Cl.OCCC1(NCc2ccc(Cl)nc2)CCC1. The van der Waals surface area contributed by atoms with Crippen LogP contribution in [0.1, 0.15) is 31.2 Å². The van der Waals surface area contributed by atoms with Gasteiger partial charge in [0.2, 0.25) is 0 Å². The van der Waals surface area contributed by atoms with Crippen molar-refractivity contribution in [1.29, 1.82) is 0 Å². The number of aliphatic hydroxyl groups is 1. The lowest BCUT2D eigenvalue weighted by molar-refractivity contribution is 0.130. The van der Waals surface area contributed by atoms with E-state index >= 15 is 0 Å². The Bertz CT molecular complexity index is 339. The van der Waals surface area contributed by atoms with Gasteiger partial charge >= 0.3 is 0 Å². The second kappa shape index (κ2) is 6.55. The van der Waals surface area contributed by atoms with Gasteiger partial charge in [0.1, 0.15) is 5.15 Å². The number of rotatable bonds is 5. The van der Waals surface area contributed by atoms with Gasteiger partial charge in [0.15, 0.2) is 0 Å². The number of aromatic nitrogens is 1. The minimum atomic E-state index is 0. The number of aliphatic hydroxyl groups excluding tert-OH is 1. The maximum absolute atomic E-state index is 9.03. The average Bonchev–Trinajstić information content (AvgIpc) is 2.24. The molecule has 0 aromatic carbocycles. The summed E-state index contributed by atoms with van der Waals surface area (Å²) in [5.74, 6) is 0. The molecule has 0 bridgehead atoms. The third kappa shape index (κ3) is 3.81. The molecule has 17 heavy (non-hydrogen) atoms. The van der Waals surface area contributed by atoms with Crippen LogP contribution < -0.4 is 5.32 Å². The smallest absolute Gasteiger partial charge is 0.129 e. The van der Waals surface area contributed by atoms with E-state index in [0.29, 0.717) is 5.15 Å². The summed E-state index contributed by atoms with van der Waals surface area (Å²) in [5, 5.41) is 13.1. The van der Waals surface area contributed by atoms with Gasteiger partial charge in [-0.1, -0.05) is 17.7 Å². The molecule has 0 unspecified atom stereocenters. The summed E-state index contributed by atoms with van der Waals surface area (Å²) >= 11 is 5.73. The molecule has 1 saturated carbocycles. The van der Waals surface area contributed by atoms with Crippen molar-refractivity contribution in [2.24, 2.45) is 0 Å². The molecule has 2 rings (SSSR count). The molecule has 0 amide bonds. The van der Waals surface area contributed by atoms with Gasteiger partial charge in [0.25, 0.3) is 0 Å². The highest BCUT2D eigenvalue weighted by Gasteiger charge is 2.35. The molecule has 96 valence electrons. The zero-order valence-electron chi connectivity index (χ0n) is 9.66. The lowest BCUT2D eigenvalue weighted by Crippen LogP contribution is -2.51. The van der Waals surface area contributed by atoms with Gasteiger partial charge in [0.05, 0.1) is 0 Å². The van der Waals surface area contributed by atoms with Crippen molar-refractivity contribution in [2.75, 3.05) is 6.61 Å². The maximum atomic E-state index is 9.03. The first-order chi connectivity index (χ1) is 7.74. The molecule has 1 aromatic rings. The Hall–Kier alpha value is -0.350. The predicted molar refractivity (Wildman–Crippen MR) is 71.6 cm³/mol. The summed E-state index contributed by atoms with van der Waals surface area (Å²) in [5.41, 5.74) is 1.29. The highest BCUT2D eigenvalue weighted by atomic mass is 35.5. The minimum absolute atomic E-state index is 0. The number of pyridine rings is 1. The molecular formula is C12H18Cl2N2O. The molecule has 1 aromatic heterocycles. The molecule has 3 nitrogen and oxygen atoms in total. The Morgan fingerprint density at radius 3 is 2.65 bits per heavy atom. The Morgan fingerprint density at radius 2 is 2.18 bits per heavy atom. The fourth-order valence-electron chi connectivity index (χ4n) is 2.13. The summed E-state index contributed by atoms with van der Waals surface area (Å²) in [7, 11) is 0. The van der Waals surface area contributed by atoms with Gasteiger partial charge in [-0.15, -0.1) is 12.4 Å². The molecule has 0 radical (unpaired) electrons. The van der Waals surface area contributed by atoms with Crippen LogP contribution >= 0.6 is 24.0 Å². The van der Waals surface area contributed by atoms with Crippen molar-refractivity contribution < 1.29 is 5.11 Å². The summed E-state index contributed by atoms with van der Waals surface area (Å²) in [6.45, 7) is 1.05. The number of nitrogens with one attached hydrogen (secondary N) is 1. The molecule has 0 aliphatic heterocycles. The number of nitrogens with zero attached hydrogens (tertiary/aromatic N) is 1. The van der Waals surface area contributed by atoms with Crippen LogP contribution in [0.15, 0.2) is 18.3 Å². The summed E-state index contributed by atoms with van der Waals surface area (Å²) in [4.78, 5) is 4.05. The van der Waals surface area contributed by atoms with E-state index in [0.717, 1.165) is 31.4 Å². The van der Waals surface area contributed by atoms with Crippen LogP contribution in [-0.4, -0.2) is 22.2 Å². The first-order valence-corrected chi connectivity index (χ1v) is 6.08. The van der Waals surface area contributed by atoms with E-state index in [4.69, 9.17) is 16.7 Å². The van der Waals surface area contributed by atoms with Gasteiger partial charge in [-0.2, -0.15) is 0 Å². The summed E-state index contributed by atoms with van der Waals surface area (Å²) < 4.78 is 0. The Labute approximate surface area is 113 Å². The van der Waals surface area contributed by atoms with Crippen LogP contribution in [0.2, 0.25) is 5.15 Å². The standard InChI is InChI=1S/C12H17ClN2O.ClH/c13-11-3-2-10(8-14-11)9-15-12(6-7-16)4-1-5-12;/h2-3,8,15-16H,1,4-7,9H2;1H. The van der Waals surface area contributed by atoms with Gasteiger partial charge in [-0.25, -0.2) is 4.98 Å². The molecule has 0 spiro atoms. The molecule has 1 heterocycles. The van der Waals surface area contributed by atoms with Crippen molar-refractivity contribution in [3.63, 3.8) is 0 Å². The molecule has 0 saturated heterocycles. The molecule has 0 atom stereocenters. The molecule has 5 heteroatoms. The van der Waals surface area contributed by atoms with Crippen LogP contribution in [0.3, 0.4) is 0 Å². The zero-order chi connectivity index (χ0) is 11.4. The van der Waals surface area contributed by atoms with Gasteiger partial charge < -0.3 is 10.4 Å². The minimum Gasteiger partial charge on any atom is -0.396 e. The van der Waals surface area contributed by atoms with Crippen molar-refractivity contribution >= 4 is 24.0 Å². The predicted octanol–water partition coefficient (Wildman–Crippen LogP) is 2.55. The summed E-state index contributed by atoms with van der Waals surface area (Å²) in [6.07, 6.45) is 6.21. The van der Waals surface area contributed by atoms with Crippen LogP contribution in [-0.2, 0) is 6.54 Å². The second-order valence-corrected chi connectivity index (χ2v) is 4.84. The van der Waals surface area contributed by atoms with Crippen molar-refractivity contribution in [1.82, 2.24) is 10.3 Å². The number of halogens is 2. The van der Waals surface area contributed by atoms with Gasteiger partial charge in [-0.3, -0.25) is 0 Å². The van der Waals surface area contributed by atoms with E-state index in [1.807, 2.05) is 6.07 Å². The molecule has 1 fully saturated rings. The van der Waals surface area contributed by atoms with E-state index in [1.54, 1.807) is 12.3 Å². The Morgan fingerprint density at radius 1 is 1.41 bits per heavy atom. The largest absolute Gasteiger partial charge is 0.396 e. The fraction of sp³-hybridized carbons (Fsp3) is 0.583. The van der Waals surface area contributed by atoms with Crippen molar-refractivity contribution in [3.8, 4) is 0 Å². The lowest BCUT2D eigenvalue weighted by Gasteiger charge is -2.42. The lowest BCUT2D eigenvalue weighted by atomic mass is 9.74. The molecular weight excluding hydrogens is 259 g/mol. The number of hydrogen-bond acceptors (Lipinski definition) is 3. The third-order valence-electron chi connectivity index (χ3n) is 3.36. The van der Waals surface area contributed by atoms with Crippen LogP contribution in [0.25, 0.3) is 0 Å². The maximum Gasteiger partial charge on any atom is 0.129 e. The number of hydrogen-bond donors (Lipinski definition) is 2. The van der Waals surface area contributed by atoms with Gasteiger partial charge in [-0.05, 0) is 37.3 Å². The van der Waals surface area contributed by atoms with E-state index in [1.165, 1.54) is 6.42 Å². The normalized spacial score (nSPS) is 17.1.